The highest BCUT2D eigenvalue weighted by atomic mass is 35.5. The van der Waals surface area contributed by atoms with Crippen LogP contribution in [0.15, 0.2) is 18.2 Å². The zero-order valence-corrected chi connectivity index (χ0v) is 10.0. The maximum Gasteiger partial charge on any atom is 0.272 e. The maximum absolute atomic E-state index is 12.1. The van der Waals surface area contributed by atoms with Gasteiger partial charge in [0.15, 0.2) is 0 Å². The Morgan fingerprint density at radius 3 is 2.82 bits per heavy atom. The van der Waals surface area contributed by atoms with Crippen LogP contribution in [-0.4, -0.2) is 19.1 Å². The molecule has 1 saturated carbocycles. The van der Waals surface area contributed by atoms with Crippen molar-refractivity contribution in [2.75, 3.05) is 6.61 Å². The summed E-state index contributed by atoms with van der Waals surface area (Å²) in [5, 5.41) is 3.68. The Hall–Kier alpha value is -0.870. The van der Waals surface area contributed by atoms with Gasteiger partial charge in [-0.2, -0.15) is 0 Å². The quantitative estimate of drug-likeness (QED) is 0.849. The number of benzene rings is 1. The van der Waals surface area contributed by atoms with Crippen LogP contribution >= 0.6 is 11.6 Å². The molecule has 0 saturated heterocycles. The lowest BCUT2D eigenvalue weighted by Gasteiger charge is -2.13. The average Bonchev–Trinajstić information content (AvgIpc) is 3.08. The first-order valence-electron chi connectivity index (χ1n) is 5.58. The van der Waals surface area contributed by atoms with Crippen LogP contribution in [0.2, 0.25) is 5.02 Å². The van der Waals surface area contributed by atoms with Crippen molar-refractivity contribution in [3.8, 4) is 5.75 Å². The topological polar surface area (TPSA) is 21.3 Å². The average molecular weight is 262 g/mol. The summed E-state index contributed by atoms with van der Waals surface area (Å²) in [4.78, 5) is 0. The molecule has 1 fully saturated rings. The fourth-order valence-electron chi connectivity index (χ4n) is 1.54. The number of para-hydroxylation sites is 1. The number of halogens is 3. The van der Waals surface area contributed by atoms with Crippen molar-refractivity contribution in [3.05, 3.63) is 28.8 Å². The van der Waals surface area contributed by atoms with Gasteiger partial charge in [0.05, 0.1) is 5.02 Å². The predicted molar refractivity (Wildman–Crippen MR) is 62.8 cm³/mol. The van der Waals surface area contributed by atoms with E-state index in [0.29, 0.717) is 23.4 Å². The van der Waals surface area contributed by atoms with E-state index in [9.17, 15) is 8.78 Å². The van der Waals surface area contributed by atoms with Crippen LogP contribution in [0.4, 0.5) is 8.78 Å². The Balaban J connectivity index is 2.03. The van der Waals surface area contributed by atoms with Crippen molar-refractivity contribution in [3.63, 3.8) is 0 Å². The highest BCUT2D eigenvalue weighted by Crippen LogP contribution is 2.30. The fraction of sp³-hybridized carbons (Fsp3) is 0.500. The summed E-state index contributed by atoms with van der Waals surface area (Å²) in [5.74, 6) is 0.364. The number of nitrogens with one attached hydrogen (secondary N) is 1. The molecular weight excluding hydrogens is 248 g/mol. The van der Waals surface area contributed by atoms with Gasteiger partial charge in [-0.05, 0) is 18.9 Å². The number of ether oxygens (including phenoxy) is 1. The predicted octanol–water partition coefficient (Wildman–Crippen LogP) is 3.24. The molecule has 0 radical (unpaired) electrons. The Labute approximate surface area is 104 Å². The minimum Gasteiger partial charge on any atom is -0.486 e. The first kappa shape index (κ1) is 12.6. The van der Waals surface area contributed by atoms with E-state index in [2.05, 4.69) is 5.32 Å². The molecule has 5 heteroatoms. The summed E-state index contributed by atoms with van der Waals surface area (Å²) in [6.07, 6.45) is -0.141. The number of alkyl halides is 2. The molecule has 17 heavy (non-hydrogen) atoms. The SMILES string of the molecule is FC(F)COc1c(Cl)cccc1CNC1CC1. The van der Waals surface area contributed by atoms with Gasteiger partial charge in [-0.25, -0.2) is 8.78 Å². The van der Waals surface area contributed by atoms with Crippen molar-refractivity contribution in [1.82, 2.24) is 5.32 Å². The van der Waals surface area contributed by atoms with Crippen molar-refractivity contribution in [2.24, 2.45) is 0 Å². The standard InChI is InChI=1S/C12H14ClF2NO/c13-10-3-1-2-8(6-16-9-4-5-9)12(10)17-7-11(14)15/h1-3,9,11,16H,4-7H2. The minimum atomic E-state index is -2.49. The van der Waals surface area contributed by atoms with E-state index < -0.39 is 13.0 Å². The van der Waals surface area contributed by atoms with Gasteiger partial charge in [0, 0.05) is 18.2 Å². The Kier molecular flexibility index (Phi) is 4.18. The van der Waals surface area contributed by atoms with Crippen molar-refractivity contribution >= 4 is 11.6 Å². The molecule has 0 aliphatic heterocycles. The monoisotopic (exact) mass is 261 g/mol. The second kappa shape index (κ2) is 5.65. The highest BCUT2D eigenvalue weighted by molar-refractivity contribution is 6.32. The van der Waals surface area contributed by atoms with Gasteiger partial charge in [-0.1, -0.05) is 23.7 Å². The highest BCUT2D eigenvalue weighted by Gasteiger charge is 2.21. The van der Waals surface area contributed by atoms with Crippen LogP contribution in [0.3, 0.4) is 0 Å². The van der Waals surface area contributed by atoms with E-state index in [4.69, 9.17) is 16.3 Å². The largest absolute Gasteiger partial charge is 0.486 e. The normalized spacial score (nSPS) is 15.3. The van der Waals surface area contributed by atoms with Gasteiger partial charge in [-0.3, -0.25) is 0 Å². The maximum atomic E-state index is 12.1. The van der Waals surface area contributed by atoms with E-state index in [0.717, 1.165) is 5.56 Å². The van der Waals surface area contributed by atoms with Crippen LogP contribution in [0.1, 0.15) is 18.4 Å². The molecule has 2 rings (SSSR count). The number of hydrogen-bond donors (Lipinski definition) is 1. The van der Waals surface area contributed by atoms with Crippen LogP contribution < -0.4 is 10.1 Å². The molecule has 0 heterocycles. The van der Waals surface area contributed by atoms with Crippen LogP contribution in [0.5, 0.6) is 5.75 Å². The summed E-state index contributed by atoms with van der Waals surface area (Å²) in [5.41, 5.74) is 0.824. The van der Waals surface area contributed by atoms with Crippen molar-refractivity contribution in [2.45, 2.75) is 31.9 Å². The summed E-state index contributed by atoms with van der Waals surface area (Å²) < 4.78 is 29.3. The molecule has 0 atom stereocenters. The number of rotatable bonds is 6. The van der Waals surface area contributed by atoms with E-state index in [1.54, 1.807) is 12.1 Å². The van der Waals surface area contributed by atoms with E-state index in [-0.39, 0.29) is 0 Å². The fourth-order valence-corrected chi connectivity index (χ4v) is 1.79. The second-order valence-corrected chi connectivity index (χ2v) is 4.49. The van der Waals surface area contributed by atoms with Gasteiger partial charge in [0.25, 0.3) is 6.43 Å². The lowest BCUT2D eigenvalue weighted by atomic mass is 10.2. The van der Waals surface area contributed by atoms with E-state index >= 15 is 0 Å². The zero-order chi connectivity index (χ0) is 12.3. The first-order valence-corrected chi connectivity index (χ1v) is 5.96. The molecule has 94 valence electrons. The molecule has 1 aromatic carbocycles. The molecule has 1 aliphatic rings. The lowest BCUT2D eigenvalue weighted by Crippen LogP contribution is -2.17. The van der Waals surface area contributed by atoms with Crippen LogP contribution in [-0.2, 0) is 6.54 Å². The molecule has 2 nitrogen and oxygen atoms in total. The lowest BCUT2D eigenvalue weighted by molar-refractivity contribution is 0.0814. The zero-order valence-electron chi connectivity index (χ0n) is 9.26. The molecule has 0 bridgehead atoms. The molecule has 1 aliphatic carbocycles. The Bertz CT molecular complexity index is 383. The molecule has 1 N–H and O–H groups in total. The number of hydrogen-bond acceptors (Lipinski definition) is 2. The van der Waals surface area contributed by atoms with Gasteiger partial charge < -0.3 is 10.1 Å². The van der Waals surface area contributed by atoms with Gasteiger partial charge >= 0.3 is 0 Å². The molecule has 0 aromatic heterocycles. The summed E-state index contributed by atoms with van der Waals surface area (Å²) in [7, 11) is 0. The molecular formula is C12H14ClF2NO. The summed E-state index contributed by atoms with van der Waals surface area (Å²) in [6.45, 7) is -0.0238. The van der Waals surface area contributed by atoms with Crippen LogP contribution in [0, 0.1) is 0 Å². The van der Waals surface area contributed by atoms with E-state index in [1.807, 2.05) is 6.07 Å². The van der Waals surface area contributed by atoms with Gasteiger partial charge in [-0.15, -0.1) is 0 Å². The molecule has 0 unspecified atom stereocenters. The van der Waals surface area contributed by atoms with Gasteiger partial charge in [0.1, 0.15) is 12.4 Å². The molecule has 0 spiro atoms. The smallest absolute Gasteiger partial charge is 0.272 e. The third kappa shape index (κ3) is 3.82. The first-order chi connectivity index (χ1) is 8.16. The third-order valence-electron chi connectivity index (χ3n) is 2.56. The molecule has 1 aromatic rings. The van der Waals surface area contributed by atoms with Crippen molar-refractivity contribution in [1.29, 1.82) is 0 Å². The summed E-state index contributed by atoms with van der Waals surface area (Å²) in [6, 6.07) is 5.82. The van der Waals surface area contributed by atoms with Gasteiger partial charge in [0.2, 0.25) is 0 Å². The summed E-state index contributed by atoms with van der Waals surface area (Å²) >= 11 is 5.95. The van der Waals surface area contributed by atoms with Crippen molar-refractivity contribution < 1.29 is 13.5 Å². The second-order valence-electron chi connectivity index (χ2n) is 4.09. The Morgan fingerprint density at radius 1 is 1.41 bits per heavy atom. The Morgan fingerprint density at radius 2 is 2.18 bits per heavy atom. The van der Waals surface area contributed by atoms with E-state index in [1.165, 1.54) is 12.8 Å². The molecule has 0 amide bonds. The third-order valence-corrected chi connectivity index (χ3v) is 2.86. The van der Waals surface area contributed by atoms with Crippen LogP contribution in [0.25, 0.3) is 0 Å². The minimum absolute atomic E-state index is 0.364.